The SMILES string of the molecule is CC(Nc1cc(N2CC(O)(C3CC3)C2)cc(Nc2cnccn2)n1)c1ccc(F)cc1. The molecule has 0 spiro atoms. The number of nitrogens with one attached hydrogen (secondary N) is 2. The van der Waals surface area contributed by atoms with Crippen LogP contribution in [0.3, 0.4) is 0 Å². The van der Waals surface area contributed by atoms with Crippen LogP contribution in [-0.4, -0.2) is 38.7 Å². The third kappa shape index (κ3) is 4.29. The van der Waals surface area contributed by atoms with Crippen LogP contribution in [0.5, 0.6) is 0 Å². The number of hydrogen-bond donors (Lipinski definition) is 3. The molecular weight excluding hydrogens is 395 g/mol. The minimum absolute atomic E-state index is 0.0625. The lowest BCUT2D eigenvalue weighted by molar-refractivity contribution is -0.00930. The zero-order valence-corrected chi connectivity index (χ0v) is 17.3. The van der Waals surface area contributed by atoms with Crippen molar-refractivity contribution in [3.8, 4) is 0 Å². The molecule has 1 aliphatic heterocycles. The minimum atomic E-state index is -0.573. The number of aliphatic hydroxyl groups is 1. The predicted octanol–water partition coefficient (Wildman–Crippen LogP) is 3.89. The van der Waals surface area contributed by atoms with Crippen molar-refractivity contribution in [3.63, 3.8) is 0 Å². The van der Waals surface area contributed by atoms with E-state index in [-0.39, 0.29) is 11.9 Å². The van der Waals surface area contributed by atoms with E-state index in [0.29, 0.717) is 36.5 Å². The Bertz CT molecular complexity index is 1050. The van der Waals surface area contributed by atoms with Crippen molar-refractivity contribution in [3.05, 3.63) is 66.4 Å². The van der Waals surface area contributed by atoms with E-state index < -0.39 is 5.60 Å². The maximum Gasteiger partial charge on any atom is 0.150 e. The fraction of sp³-hybridized carbons (Fsp3) is 0.348. The van der Waals surface area contributed by atoms with E-state index in [1.165, 1.54) is 12.1 Å². The Hall–Kier alpha value is -3.26. The molecule has 2 aromatic heterocycles. The van der Waals surface area contributed by atoms with Crippen molar-refractivity contribution in [1.29, 1.82) is 0 Å². The molecular formula is C23H25FN6O. The number of pyridine rings is 1. The van der Waals surface area contributed by atoms with E-state index in [1.807, 2.05) is 19.1 Å². The summed E-state index contributed by atoms with van der Waals surface area (Å²) in [6.45, 7) is 3.26. The quantitative estimate of drug-likeness (QED) is 0.535. The number of hydrogen-bond acceptors (Lipinski definition) is 7. The number of halogens is 1. The molecule has 7 nitrogen and oxygen atoms in total. The van der Waals surface area contributed by atoms with Gasteiger partial charge in [0.25, 0.3) is 0 Å². The summed E-state index contributed by atoms with van der Waals surface area (Å²) in [5.41, 5.74) is 1.36. The van der Waals surface area contributed by atoms with E-state index >= 15 is 0 Å². The lowest BCUT2D eigenvalue weighted by Crippen LogP contribution is -2.63. The van der Waals surface area contributed by atoms with Crippen molar-refractivity contribution in [2.45, 2.75) is 31.4 Å². The highest BCUT2D eigenvalue weighted by Crippen LogP contribution is 2.46. The van der Waals surface area contributed by atoms with Gasteiger partial charge in [0.1, 0.15) is 28.9 Å². The zero-order valence-electron chi connectivity index (χ0n) is 17.3. The van der Waals surface area contributed by atoms with E-state index in [9.17, 15) is 9.50 Å². The molecule has 160 valence electrons. The average molecular weight is 420 g/mol. The molecule has 1 aliphatic carbocycles. The lowest BCUT2D eigenvalue weighted by atomic mass is 9.88. The number of anilines is 4. The van der Waals surface area contributed by atoms with Crippen LogP contribution in [0.1, 0.15) is 31.4 Å². The Morgan fingerprint density at radius 1 is 1.10 bits per heavy atom. The monoisotopic (exact) mass is 420 g/mol. The topological polar surface area (TPSA) is 86.2 Å². The van der Waals surface area contributed by atoms with Crippen LogP contribution in [0.15, 0.2) is 55.0 Å². The second-order valence-corrected chi connectivity index (χ2v) is 8.46. The molecule has 1 aromatic carbocycles. The first-order valence-corrected chi connectivity index (χ1v) is 10.5. The molecule has 3 N–H and O–H groups in total. The summed E-state index contributed by atoms with van der Waals surface area (Å²) >= 11 is 0. The van der Waals surface area contributed by atoms with Crippen molar-refractivity contribution >= 4 is 23.1 Å². The Kier molecular flexibility index (Phi) is 4.94. The molecule has 1 saturated carbocycles. The smallest absolute Gasteiger partial charge is 0.150 e. The van der Waals surface area contributed by atoms with Crippen LogP contribution in [0, 0.1) is 11.7 Å². The maximum atomic E-state index is 13.3. The van der Waals surface area contributed by atoms with Crippen LogP contribution in [0.2, 0.25) is 0 Å². The highest BCUT2D eigenvalue weighted by molar-refractivity contribution is 5.66. The van der Waals surface area contributed by atoms with Gasteiger partial charge in [0, 0.05) is 49.3 Å². The molecule has 0 bridgehead atoms. The summed E-state index contributed by atoms with van der Waals surface area (Å²) in [7, 11) is 0. The van der Waals surface area contributed by atoms with Crippen LogP contribution in [-0.2, 0) is 0 Å². The van der Waals surface area contributed by atoms with Gasteiger partial charge in [-0.15, -0.1) is 0 Å². The van der Waals surface area contributed by atoms with Gasteiger partial charge in [-0.3, -0.25) is 4.98 Å². The van der Waals surface area contributed by atoms with Gasteiger partial charge in [-0.2, -0.15) is 0 Å². The summed E-state index contributed by atoms with van der Waals surface area (Å²) in [6, 6.07) is 10.3. The number of rotatable bonds is 7. The molecule has 1 atom stereocenters. The molecule has 3 aromatic rings. The van der Waals surface area contributed by atoms with Crippen molar-refractivity contribution in [2.75, 3.05) is 28.6 Å². The summed E-state index contributed by atoms with van der Waals surface area (Å²) in [5.74, 6) is 2.09. The summed E-state index contributed by atoms with van der Waals surface area (Å²) < 4.78 is 13.3. The van der Waals surface area contributed by atoms with E-state index in [0.717, 1.165) is 24.1 Å². The third-order valence-electron chi connectivity index (χ3n) is 6.00. The molecule has 5 rings (SSSR count). The van der Waals surface area contributed by atoms with Gasteiger partial charge in [0.2, 0.25) is 0 Å². The standard InChI is InChI=1S/C23H25FN6O/c1-15(16-2-6-18(24)7-3-16)27-20-10-19(30-13-23(31,14-30)17-4-5-17)11-21(28-20)29-22-12-25-8-9-26-22/h2-3,6-12,15,17,31H,4-5,13-14H2,1H3,(H2,26,27,28,29). The van der Waals surface area contributed by atoms with Gasteiger partial charge in [0.05, 0.1) is 6.20 Å². The normalized spacial score (nSPS) is 18.2. The maximum absolute atomic E-state index is 13.3. The largest absolute Gasteiger partial charge is 0.386 e. The molecule has 1 saturated heterocycles. The first-order valence-electron chi connectivity index (χ1n) is 10.5. The minimum Gasteiger partial charge on any atom is -0.386 e. The number of nitrogens with zero attached hydrogens (tertiary/aromatic N) is 4. The van der Waals surface area contributed by atoms with Gasteiger partial charge in [0.15, 0.2) is 0 Å². The second-order valence-electron chi connectivity index (χ2n) is 8.46. The lowest BCUT2D eigenvalue weighted by Gasteiger charge is -2.48. The van der Waals surface area contributed by atoms with Gasteiger partial charge in [-0.1, -0.05) is 12.1 Å². The van der Waals surface area contributed by atoms with Crippen molar-refractivity contribution in [2.24, 2.45) is 5.92 Å². The van der Waals surface area contributed by atoms with Crippen LogP contribution < -0.4 is 15.5 Å². The number of benzene rings is 1. The predicted molar refractivity (Wildman–Crippen MR) is 118 cm³/mol. The fourth-order valence-corrected chi connectivity index (χ4v) is 4.06. The van der Waals surface area contributed by atoms with E-state index in [2.05, 4.69) is 30.5 Å². The third-order valence-corrected chi connectivity index (χ3v) is 6.00. The fourth-order valence-electron chi connectivity index (χ4n) is 4.06. The van der Waals surface area contributed by atoms with Gasteiger partial charge in [-0.25, -0.2) is 14.4 Å². The van der Waals surface area contributed by atoms with Crippen molar-refractivity contribution < 1.29 is 9.50 Å². The molecule has 2 fully saturated rings. The molecule has 3 heterocycles. The average Bonchev–Trinajstić information content (AvgIpc) is 3.58. The van der Waals surface area contributed by atoms with Gasteiger partial charge < -0.3 is 20.6 Å². The van der Waals surface area contributed by atoms with Crippen LogP contribution in [0.25, 0.3) is 0 Å². The number of aromatic nitrogens is 3. The summed E-state index contributed by atoms with van der Waals surface area (Å²) in [5, 5.41) is 17.3. The number of β-amino-alcohol motifs (C(OH)–C–C–N with tert-alkyl or cyclic N) is 1. The Morgan fingerprint density at radius 3 is 2.52 bits per heavy atom. The first-order chi connectivity index (χ1) is 15.0. The van der Waals surface area contributed by atoms with Gasteiger partial charge in [-0.05, 0) is 43.4 Å². The van der Waals surface area contributed by atoms with Crippen molar-refractivity contribution in [1.82, 2.24) is 15.0 Å². The van der Waals surface area contributed by atoms with E-state index in [1.54, 1.807) is 30.7 Å². The summed E-state index contributed by atoms with van der Waals surface area (Å²) in [4.78, 5) is 15.2. The highest BCUT2D eigenvalue weighted by Gasteiger charge is 2.52. The van der Waals surface area contributed by atoms with E-state index in [4.69, 9.17) is 0 Å². The Balaban J connectivity index is 1.39. The summed E-state index contributed by atoms with van der Waals surface area (Å²) in [6.07, 6.45) is 7.10. The Morgan fingerprint density at radius 2 is 1.84 bits per heavy atom. The van der Waals surface area contributed by atoms with Crippen LogP contribution >= 0.6 is 0 Å². The molecule has 31 heavy (non-hydrogen) atoms. The molecule has 2 aliphatic rings. The van der Waals surface area contributed by atoms with Crippen LogP contribution in [0.4, 0.5) is 27.5 Å². The zero-order chi connectivity index (χ0) is 21.4. The highest BCUT2D eigenvalue weighted by atomic mass is 19.1. The van der Waals surface area contributed by atoms with Gasteiger partial charge >= 0.3 is 0 Å². The Labute approximate surface area is 180 Å². The molecule has 0 radical (unpaired) electrons. The second kappa shape index (κ2) is 7.77. The first kappa shape index (κ1) is 19.7. The molecule has 1 unspecified atom stereocenters. The molecule has 8 heteroatoms. The molecule has 0 amide bonds.